The van der Waals surface area contributed by atoms with Crippen LogP contribution >= 0.6 is 11.6 Å². The van der Waals surface area contributed by atoms with Crippen molar-refractivity contribution in [3.63, 3.8) is 0 Å². The van der Waals surface area contributed by atoms with E-state index in [1.54, 1.807) is 36.6 Å². The number of carbonyl (C=O) groups excluding carboxylic acids is 1. The number of amides is 1. The Hall–Kier alpha value is -3.69. The standard InChI is InChI=1S/C25H23ClN4O4S/c1-2-35(32,33)25-27-15-22(23(29-25)24(31)28-20-11-6-10-19(26)14-20)30(17-21-12-7-13-34-21)16-18-8-4-3-5-9-18/h3-15H,2,16-17H2,1H3,(H,28,31). The third kappa shape index (κ3) is 6.06. The first-order chi connectivity index (χ1) is 16.9. The molecule has 2 aromatic heterocycles. The van der Waals surface area contributed by atoms with E-state index < -0.39 is 20.9 Å². The predicted molar refractivity (Wildman–Crippen MR) is 134 cm³/mol. The number of carbonyl (C=O) groups is 1. The van der Waals surface area contributed by atoms with Crippen molar-refractivity contribution >= 4 is 38.7 Å². The minimum absolute atomic E-state index is 0.0745. The molecule has 35 heavy (non-hydrogen) atoms. The van der Waals surface area contributed by atoms with Crippen LogP contribution in [-0.4, -0.2) is 30.0 Å². The topological polar surface area (TPSA) is 105 Å². The maximum Gasteiger partial charge on any atom is 0.276 e. The van der Waals surface area contributed by atoms with Gasteiger partial charge in [-0.25, -0.2) is 18.4 Å². The van der Waals surface area contributed by atoms with Gasteiger partial charge in [-0.15, -0.1) is 0 Å². The van der Waals surface area contributed by atoms with Crippen molar-refractivity contribution in [2.45, 2.75) is 25.2 Å². The van der Waals surface area contributed by atoms with Gasteiger partial charge in [-0.3, -0.25) is 4.79 Å². The fraction of sp³-hybridized carbons (Fsp3) is 0.160. The molecule has 4 rings (SSSR count). The van der Waals surface area contributed by atoms with E-state index in [1.807, 2.05) is 41.3 Å². The van der Waals surface area contributed by atoms with Gasteiger partial charge in [0.15, 0.2) is 5.69 Å². The number of halogens is 1. The molecule has 8 nitrogen and oxygen atoms in total. The second kappa shape index (κ2) is 10.7. The van der Waals surface area contributed by atoms with E-state index in [0.717, 1.165) is 5.56 Å². The van der Waals surface area contributed by atoms with E-state index in [9.17, 15) is 13.2 Å². The third-order valence-corrected chi connectivity index (χ3v) is 6.94. The summed E-state index contributed by atoms with van der Waals surface area (Å²) in [5.41, 5.74) is 1.72. The lowest BCUT2D eigenvalue weighted by molar-refractivity contribution is 0.102. The molecule has 0 spiro atoms. The minimum Gasteiger partial charge on any atom is -0.467 e. The van der Waals surface area contributed by atoms with Gasteiger partial charge in [0, 0.05) is 17.3 Å². The molecule has 1 N–H and O–H groups in total. The van der Waals surface area contributed by atoms with Crippen LogP contribution in [0.15, 0.2) is 88.8 Å². The van der Waals surface area contributed by atoms with Gasteiger partial charge in [0.2, 0.25) is 15.0 Å². The average Bonchev–Trinajstić information content (AvgIpc) is 3.37. The van der Waals surface area contributed by atoms with E-state index >= 15 is 0 Å². The van der Waals surface area contributed by atoms with Crippen molar-refractivity contribution in [1.82, 2.24) is 9.97 Å². The second-order valence-electron chi connectivity index (χ2n) is 7.68. The summed E-state index contributed by atoms with van der Waals surface area (Å²) in [5.74, 6) is -0.121. The van der Waals surface area contributed by atoms with Crippen LogP contribution in [0.25, 0.3) is 0 Å². The molecule has 0 radical (unpaired) electrons. The molecule has 180 valence electrons. The van der Waals surface area contributed by atoms with E-state index in [2.05, 4.69) is 15.3 Å². The van der Waals surface area contributed by atoms with Gasteiger partial charge in [0.05, 0.1) is 30.4 Å². The summed E-state index contributed by atoms with van der Waals surface area (Å²) in [6, 6.07) is 19.9. The Kier molecular flexibility index (Phi) is 7.48. The quantitative estimate of drug-likeness (QED) is 0.317. The Bertz CT molecular complexity index is 1410. The molecular formula is C25H23ClN4O4S. The SMILES string of the molecule is CCS(=O)(=O)c1ncc(N(Cc2ccccc2)Cc2ccco2)c(C(=O)Nc2cccc(Cl)c2)n1. The van der Waals surface area contributed by atoms with Gasteiger partial charge in [-0.2, -0.15) is 0 Å². The molecule has 0 unspecified atom stereocenters. The fourth-order valence-corrected chi connectivity index (χ4v) is 4.31. The van der Waals surface area contributed by atoms with Gasteiger partial charge >= 0.3 is 0 Å². The molecule has 2 aromatic carbocycles. The zero-order valence-electron chi connectivity index (χ0n) is 18.9. The molecule has 0 saturated carbocycles. The molecule has 10 heteroatoms. The van der Waals surface area contributed by atoms with Crippen LogP contribution in [0.3, 0.4) is 0 Å². The van der Waals surface area contributed by atoms with Crippen LogP contribution in [0.2, 0.25) is 5.02 Å². The van der Waals surface area contributed by atoms with Crippen LogP contribution in [0.1, 0.15) is 28.7 Å². The number of hydrogen-bond acceptors (Lipinski definition) is 7. The van der Waals surface area contributed by atoms with Crippen molar-refractivity contribution in [1.29, 1.82) is 0 Å². The van der Waals surface area contributed by atoms with Gasteiger partial charge in [0.1, 0.15) is 5.76 Å². The Balaban J connectivity index is 1.79. The Morgan fingerprint density at radius 3 is 2.54 bits per heavy atom. The first-order valence-corrected chi connectivity index (χ1v) is 12.9. The van der Waals surface area contributed by atoms with Crippen molar-refractivity contribution < 1.29 is 17.6 Å². The van der Waals surface area contributed by atoms with Crippen molar-refractivity contribution in [3.05, 3.63) is 101 Å². The Morgan fingerprint density at radius 2 is 1.86 bits per heavy atom. The number of nitrogens with one attached hydrogen (secondary N) is 1. The molecule has 4 aromatic rings. The molecule has 2 heterocycles. The average molecular weight is 511 g/mol. The summed E-state index contributed by atoms with van der Waals surface area (Å²) in [4.78, 5) is 23.6. The van der Waals surface area contributed by atoms with Gasteiger partial charge < -0.3 is 14.6 Å². The van der Waals surface area contributed by atoms with Crippen molar-refractivity contribution in [2.24, 2.45) is 0 Å². The normalized spacial score (nSPS) is 11.3. The van der Waals surface area contributed by atoms with Crippen LogP contribution in [0.4, 0.5) is 11.4 Å². The molecule has 0 aliphatic heterocycles. The molecule has 0 aliphatic carbocycles. The molecule has 0 saturated heterocycles. The molecule has 0 fully saturated rings. The highest BCUT2D eigenvalue weighted by atomic mass is 35.5. The lowest BCUT2D eigenvalue weighted by atomic mass is 10.2. The summed E-state index contributed by atoms with van der Waals surface area (Å²) in [6.07, 6.45) is 2.94. The first-order valence-electron chi connectivity index (χ1n) is 10.8. The zero-order chi connectivity index (χ0) is 24.8. The summed E-state index contributed by atoms with van der Waals surface area (Å²) < 4.78 is 30.5. The molecular weight excluding hydrogens is 488 g/mol. The van der Waals surface area contributed by atoms with E-state index in [0.29, 0.717) is 35.2 Å². The number of aromatic nitrogens is 2. The van der Waals surface area contributed by atoms with E-state index in [-0.39, 0.29) is 11.4 Å². The van der Waals surface area contributed by atoms with Crippen LogP contribution in [-0.2, 0) is 22.9 Å². The smallest absolute Gasteiger partial charge is 0.276 e. The molecule has 0 atom stereocenters. The second-order valence-corrected chi connectivity index (χ2v) is 10.3. The number of sulfone groups is 1. The Labute approximate surface area is 208 Å². The maximum absolute atomic E-state index is 13.4. The summed E-state index contributed by atoms with van der Waals surface area (Å²) in [6.45, 7) is 2.21. The largest absolute Gasteiger partial charge is 0.467 e. The highest BCUT2D eigenvalue weighted by Crippen LogP contribution is 2.26. The first kappa shape index (κ1) is 24.4. The van der Waals surface area contributed by atoms with Gasteiger partial charge in [-0.05, 0) is 35.9 Å². The predicted octanol–water partition coefficient (Wildman–Crippen LogP) is 4.98. The van der Waals surface area contributed by atoms with E-state index in [4.69, 9.17) is 16.0 Å². The van der Waals surface area contributed by atoms with Gasteiger partial charge in [-0.1, -0.05) is 54.9 Å². The fourth-order valence-electron chi connectivity index (χ4n) is 3.41. The lowest BCUT2D eigenvalue weighted by Crippen LogP contribution is -2.27. The highest BCUT2D eigenvalue weighted by Gasteiger charge is 2.25. The number of benzene rings is 2. The summed E-state index contributed by atoms with van der Waals surface area (Å²) >= 11 is 6.05. The lowest BCUT2D eigenvalue weighted by Gasteiger charge is -2.25. The van der Waals surface area contributed by atoms with E-state index in [1.165, 1.54) is 13.1 Å². The number of nitrogens with zero attached hydrogens (tertiary/aromatic N) is 3. The summed E-state index contributed by atoms with van der Waals surface area (Å²) in [7, 11) is -3.75. The number of anilines is 2. The van der Waals surface area contributed by atoms with Crippen LogP contribution in [0.5, 0.6) is 0 Å². The van der Waals surface area contributed by atoms with Crippen LogP contribution in [0, 0.1) is 0 Å². The molecule has 0 aliphatic rings. The van der Waals surface area contributed by atoms with Crippen molar-refractivity contribution in [2.75, 3.05) is 16.0 Å². The van der Waals surface area contributed by atoms with Crippen molar-refractivity contribution in [3.8, 4) is 0 Å². The maximum atomic E-state index is 13.4. The monoisotopic (exact) mass is 510 g/mol. The molecule has 0 bridgehead atoms. The zero-order valence-corrected chi connectivity index (χ0v) is 20.5. The molecule has 1 amide bonds. The van der Waals surface area contributed by atoms with Gasteiger partial charge in [0.25, 0.3) is 5.91 Å². The van der Waals surface area contributed by atoms with Crippen LogP contribution < -0.4 is 10.2 Å². The highest BCUT2D eigenvalue weighted by molar-refractivity contribution is 7.91. The summed E-state index contributed by atoms with van der Waals surface area (Å²) in [5, 5.41) is 2.80. The number of hydrogen-bond donors (Lipinski definition) is 1. The number of furan rings is 1. The minimum atomic E-state index is -3.75. The number of rotatable bonds is 9. The Morgan fingerprint density at radius 1 is 1.06 bits per heavy atom. The third-order valence-electron chi connectivity index (χ3n) is 5.19.